The van der Waals surface area contributed by atoms with Gasteiger partial charge in [-0.25, -0.2) is 0 Å². The maximum absolute atomic E-state index is 12.3. The molecule has 2 amide bonds. The van der Waals surface area contributed by atoms with Gasteiger partial charge in [0, 0.05) is 32.5 Å². The summed E-state index contributed by atoms with van der Waals surface area (Å²) in [6.07, 6.45) is 5.40. The molecular formula is C14H24N4O2. The third-order valence-corrected chi connectivity index (χ3v) is 4.02. The van der Waals surface area contributed by atoms with Crippen molar-refractivity contribution in [3.8, 4) is 0 Å². The van der Waals surface area contributed by atoms with Gasteiger partial charge in [0.05, 0.1) is 0 Å². The zero-order valence-corrected chi connectivity index (χ0v) is 12.4. The maximum Gasteiger partial charge on any atom is 0.222 e. The van der Waals surface area contributed by atoms with Crippen LogP contribution in [0.4, 0.5) is 0 Å². The Morgan fingerprint density at radius 1 is 1.35 bits per heavy atom. The summed E-state index contributed by atoms with van der Waals surface area (Å²) in [5, 5.41) is 10.7. The van der Waals surface area contributed by atoms with Crippen LogP contribution in [-0.2, 0) is 9.59 Å². The summed E-state index contributed by atoms with van der Waals surface area (Å²) < 4.78 is 0. The smallest absolute Gasteiger partial charge is 0.222 e. The zero-order chi connectivity index (χ0) is 14.6. The average Bonchev–Trinajstić information content (AvgIpc) is 3.14. The molecule has 0 aromatic rings. The number of piperidine rings is 1. The van der Waals surface area contributed by atoms with Crippen LogP contribution in [0.3, 0.4) is 0 Å². The summed E-state index contributed by atoms with van der Waals surface area (Å²) in [7, 11) is 0. The number of hydrogen-bond donors (Lipinski definition) is 1. The van der Waals surface area contributed by atoms with Crippen molar-refractivity contribution in [3.05, 3.63) is 0 Å². The van der Waals surface area contributed by atoms with E-state index in [0.29, 0.717) is 13.0 Å². The van der Waals surface area contributed by atoms with Crippen LogP contribution in [-0.4, -0.2) is 41.5 Å². The second-order valence-electron chi connectivity index (χ2n) is 5.94. The van der Waals surface area contributed by atoms with E-state index in [0.717, 1.165) is 38.6 Å². The molecule has 0 saturated carbocycles. The van der Waals surface area contributed by atoms with E-state index in [1.807, 2.05) is 11.8 Å². The average molecular weight is 280 g/mol. The molecule has 2 rings (SSSR count). The standard InChI is InChI=1S/C14H24N4O2/c1-11(19)15-10-12-6-3-4-9-18(12)13(20)7-5-8-14(2)16-17-14/h12H,3-10H2,1-2H3,(H,15,19). The molecule has 2 heterocycles. The number of nitrogens with one attached hydrogen (secondary N) is 1. The molecule has 0 aromatic carbocycles. The Kier molecular flexibility index (Phi) is 4.73. The van der Waals surface area contributed by atoms with E-state index in [2.05, 4.69) is 15.5 Å². The number of amides is 2. The van der Waals surface area contributed by atoms with Crippen molar-refractivity contribution in [2.24, 2.45) is 10.2 Å². The predicted octanol–water partition coefficient (Wildman–Crippen LogP) is 1.86. The van der Waals surface area contributed by atoms with Gasteiger partial charge in [-0.2, -0.15) is 10.2 Å². The monoisotopic (exact) mass is 280 g/mol. The fourth-order valence-electron chi connectivity index (χ4n) is 2.71. The van der Waals surface area contributed by atoms with Gasteiger partial charge in [-0.3, -0.25) is 9.59 Å². The lowest BCUT2D eigenvalue weighted by Crippen LogP contribution is -2.49. The number of carbonyl (C=O) groups is 2. The Morgan fingerprint density at radius 3 is 2.75 bits per heavy atom. The van der Waals surface area contributed by atoms with Gasteiger partial charge in [0.2, 0.25) is 11.8 Å². The molecule has 1 fully saturated rings. The van der Waals surface area contributed by atoms with E-state index in [9.17, 15) is 9.59 Å². The number of likely N-dealkylation sites (tertiary alicyclic amines) is 1. The quantitative estimate of drug-likeness (QED) is 0.806. The minimum absolute atomic E-state index is 0.0344. The van der Waals surface area contributed by atoms with Crippen LogP contribution in [0.1, 0.15) is 52.4 Å². The topological polar surface area (TPSA) is 74.1 Å². The van der Waals surface area contributed by atoms with Gasteiger partial charge in [0.25, 0.3) is 0 Å². The minimum Gasteiger partial charge on any atom is -0.354 e. The van der Waals surface area contributed by atoms with Crippen LogP contribution in [0, 0.1) is 0 Å². The maximum atomic E-state index is 12.3. The van der Waals surface area contributed by atoms with Gasteiger partial charge in [-0.05, 0) is 39.0 Å². The third-order valence-electron chi connectivity index (χ3n) is 4.02. The van der Waals surface area contributed by atoms with Crippen molar-refractivity contribution in [2.75, 3.05) is 13.1 Å². The summed E-state index contributed by atoms with van der Waals surface area (Å²) >= 11 is 0. The molecule has 2 aliphatic heterocycles. The molecule has 0 aromatic heterocycles. The van der Waals surface area contributed by atoms with Crippen LogP contribution in [0.5, 0.6) is 0 Å². The molecule has 0 aliphatic carbocycles. The second kappa shape index (κ2) is 6.33. The van der Waals surface area contributed by atoms with E-state index in [1.165, 1.54) is 6.92 Å². The Balaban J connectivity index is 1.76. The van der Waals surface area contributed by atoms with E-state index < -0.39 is 0 Å². The number of rotatable bonds is 6. The lowest BCUT2D eigenvalue weighted by Gasteiger charge is -2.36. The molecule has 6 heteroatoms. The van der Waals surface area contributed by atoms with E-state index in [4.69, 9.17) is 0 Å². The van der Waals surface area contributed by atoms with E-state index in [-0.39, 0.29) is 23.5 Å². The molecule has 2 aliphatic rings. The Morgan fingerprint density at radius 2 is 2.10 bits per heavy atom. The lowest BCUT2D eigenvalue weighted by atomic mass is 10.0. The third kappa shape index (κ3) is 4.28. The molecule has 112 valence electrons. The van der Waals surface area contributed by atoms with Crippen molar-refractivity contribution < 1.29 is 9.59 Å². The van der Waals surface area contributed by atoms with Crippen molar-refractivity contribution in [1.82, 2.24) is 10.2 Å². The molecule has 1 unspecified atom stereocenters. The highest BCUT2D eigenvalue weighted by Gasteiger charge is 2.33. The summed E-state index contributed by atoms with van der Waals surface area (Å²) in [5.74, 6) is 0.164. The summed E-state index contributed by atoms with van der Waals surface area (Å²) in [5.41, 5.74) is -0.211. The summed E-state index contributed by atoms with van der Waals surface area (Å²) in [4.78, 5) is 25.3. The first-order chi connectivity index (χ1) is 9.50. The normalized spacial score (nSPS) is 23.5. The molecule has 0 spiro atoms. The van der Waals surface area contributed by atoms with Crippen molar-refractivity contribution in [3.63, 3.8) is 0 Å². The Labute approximate surface area is 120 Å². The van der Waals surface area contributed by atoms with Crippen LogP contribution in [0.25, 0.3) is 0 Å². The first kappa shape index (κ1) is 14.9. The Hall–Kier alpha value is -1.46. The molecule has 1 N–H and O–H groups in total. The predicted molar refractivity (Wildman–Crippen MR) is 75.1 cm³/mol. The lowest BCUT2D eigenvalue weighted by molar-refractivity contribution is -0.135. The summed E-state index contributed by atoms with van der Waals surface area (Å²) in [6, 6.07) is 0.158. The van der Waals surface area contributed by atoms with Crippen molar-refractivity contribution in [2.45, 2.75) is 64.1 Å². The molecule has 20 heavy (non-hydrogen) atoms. The molecule has 1 saturated heterocycles. The highest BCUT2D eigenvalue weighted by atomic mass is 16.2. The van der Waals surface area contributed by atoms with Gasteiger partial charge in [-0.1, -0.05) is 0 Å². The highest BCUT2D eigenvalue weighted by molar-refractivity contribution is 5.77. The van der Waals surface area contributed by atoms with Crippen molar-refractivity contribution in [1.29, 1.82) is 0 Å². The Bertz CT molecular complexity index is 402. The van der Waals surface area contributed by atoms with Crippen LogP contribution in [0.15, 0.2) is 10.2 Å². The van der Waals surface area contributed by atoms with E-state index >= 15 is 0 Å². The fourth-order valence-corrected chi connectivity index (χ4v) is 2.71. The van der Waals surface area contributed by atoms with Gasteiger partial charge >= 0.3 is 0 Å². The number of carbonyl (C=O) groups excluding carboxylic acids is 2. The molecular weight excluding hydrogens is 256 g/mol. The van der Waals surface area contributed by atoms with Gasteiger partial charge < -0.3 is 10.2 Å². The zero-order valence-electron chi connectivity index (χ0n) is 12.4. The van der Waals surface area contributed by atoms with Gasteiger partial charge in [-0.15, -0.1) is 0 Å². The van der Waals surface area contributed by atoms with Gasteiger partial charge in [0.1, 0.15) is 0 Å². The minimum atomic E-state index is -0.211. The second-order valence-corrected chi connectivity index (χ2v) is 5.94. The molecule has 0 bridgehead atoms. The summed E-state index contributed by atoms with van der Waals surface area (Å²) in [6.45, 7) is 4.88. The first-order valence-electron chi connectivity index (χ1n) is 7.48. The van der Waals surface area contributed by atoms with Crippen molar-refractivity contribution >= 4 is 11.8 Å². The van der Waals surface area contributed by atoms with Gasteiger partial charge in [0.15, 0.2) is 5.66 Å². The SMILES string of the molecule is CC(=O)NCC1CCCCN1C(=O)CCCC1(C)N=N1. The number of nitrogens with zero attached hydrogens (tertiary/aromatic N) is 3. The first-order valence-corrected chi connectivity index (χ1v) is 7.48. The van der Waals surface area contributed by atoms with Crippen LogP contribution < -0.4 is 5.32 Å². The largest absolute Gasteiger partial charge is 0.354 e. The highest BCUT2D eigenvalue weighted by Crippen LogP contribution is 2.32. The molecule has 1 atom stereocenters. The van der Waals surface area contributed by atoms with E-state index in [1.54, 1.807) is 0 Å². The fraction of sp³-hybridized carbons (Fsp3) is 0.857. The van der Waals surface area contributed by atoms with Crippen LogP contribution >= 0.6 is 0 Å². The van der Waals surface area contributed by atoms with Crippen LogP contribution in [0.2, 0.25) is 0 Å². The number of hydrogen-bond acceptors (Lipinski definition) is 4. The molecule has 6 nitrogen and oxygen atoms in total. The molecule has 0 radical (unpaired) electrons.